The predicted octanol–water partition coefficient (Wildman–Crippen LogP) is 2.38. The molecule has 172 valence electrons. The van der Waals surface area contributed by atoms with Crippen LogP contribution in [-0.2, 0) is 10.0 Å². The van der Waals surface area contributed by atoms with E-state index >= 15 is 0 Å². The summed E-state index contributed by atoms with van der Waals surface area (Å²) in [6.07, 6.45) is 2.91. The van der Waals surface area contributed by atoms with Gasteiger partial charge < -0.3 is 20.3 Å². The molecule has 0 aromatic heterocycles. The molecule has 1 aliphatic heterocycles. The lowest BCUT2D eigenvalue weighted by atomic mass is 10.2. The molecule has 0 amide bonds. The van der Waals surface area contributed by atoms with Crippen molar-refractivity contribution in [3.63, 3.8) is 0 Å². The molecule has 8 nitrogen and oxygen atoms in total. The molecule has 1 saturated heterocycles. The summed E-state index contributed by atoms with van der Waals surface area (Å²) in [7, 11) is 0.247. The minimum Gasteiger partial charge on any atom is -0.495 e. The summed E-state index contributed by atoms with van der Waals surface area (Å²) in [6.45, 7) is 5.17. The highest BCUT2D eigenvalue weighted by Crippen LogP contribution is 2.33. The Bertz CT molecular complexity index is 809. The molecule has 1 heterocycles. The SMILES string of the molecule is CCN(CCCNC(=NC)NC1CCN(c2cc(Cl)ccc2OC)C1)S(C)(=O)=O.I. The van der Waals surface area contributed by atoms with Crippen molar-refractivity contribution >= 4 is 57.2 Å². The second-order valence-corrected chi connectivity index (χ2v) is 9.42. The fraction of sp³-hybridized carbons (Fsp3) is 0.632. The Hall–Kier alpha value is -0.980. The number of sulfonamides is 1. The van der Waals surface area contributed by atoms with Gasteiger partial charge in [-0.1, -0.05) is 18.5 Å². The third-order valence-electron chi connectivity index (χ3n) is 4.93. The third kappa shape index (κ3) is 7.93. The fourth-order valence-corrected chi connectivity index (χ4v) is 4.51. The smallest absolute Gasteiger partial charge is 0.211 e. The fourth-order valence-electron chi connectivity index (χ4n) is 3.42. The maximum Gasteiger partial charge on any atom is 0.211 e. The highest BCUT2D eigenvalue weighted by Gasteiger charge is 2.25. The first kappa shape index (κ1) is 27.1. The zero-order valence-corrected chi connectivity index (χ0v) is 21.9. The predicted molar refractivity (Wildman–Crippen MR) is 135 cm³/mol. The zero-order valence-electron chi connectivity index (χ0n) is 18.0. The van der Waals surface area contributed by atoms with E-state index in [1.165, 1.54) is 10.6 Å². The van der Waals surface area contributed by atoms with Gasteiger partial charge in [-0.3, -0.25) is 4.99 Å². The maximum atomic E-state index is 11.6. The van der Waals surface area contributed by atoms with Gasteiger partial charge >= 0.3 is 0 Å². The Balaban J connectivity index is 0.00000450. The summed E-state index contributed by atoms with van der Waals surface area (Å²) in [6, 6.07) is 5.88. The number of ether oxygens (including phenoxy) is 1. The molecule has 1 aromatic carbocycles. The molecule has 2 N–H and O–H groups in total. The van der Waals surface area contributed by atoms with Crippen LogP contribution in [0.3, 0.4) is 0 Å². The molecular weight excluding hydrogens is 541 g/mol. The van der Waals surface area contributed by atoms with Crippen LogP contribution in [0.2, 0.25) is 5.02 Å². The summed E-state index contributed by atoms with van der Waals surface area (Å²) in [5.41, 5.74) is 0.993. The Morgan fingerprint density at radius 2 is 2.17 bits per heavy atom. The molecule has 1 atom stereocenters. The number of nitrogens with zero attached hydrogens (tertiary/aromatic N) is 3. The van der Waals surface area contributed by atoms with Crippen LogP contribution in [-0.4, -0.2) is 77.9 Å². The largest absolute Gasteiger partial charge is 0.495 e. The molecule has 0 radical (unpaired) electrons. The van der Waals surface area contributed by atoms with Crippen LogP contribution in [0.5, 0.6) is 5.75 Å². The number of guanidine groups is 1. The first-order valence-electron chi connectivity index (χ1n) is 9.79. The van der Waals surface area contributed by atoms with Crippen LogP contribution in [0.25, 0.3) is 0 Å². The molecule has 2 rings (SSSR count). The molecule has 1 fully saturated rings. The van der Waals surface area contributed by atoms with Crippen LogP contribution < -0.4 is 20.3 Å². The normalized spacial score (nSPS) is 17.1. The van der Waals surface area contributed by atoms with E-state index in [1.807, 2.05) is 25.1 Å². The molecule has 0 spiro atoms. The van der Waals surface area contributed by atoms with E-state index in [1.54, 1.807) is 14.2 Å². The van der Waals surface area contributed by atoms with Crippen molar-refractivity contribution in [3.05, 3.63) is 23.2 Å². The monoisotopic (exact) mass is 573 g/mol. The Morgan fingerprint density at radius 1 is 1.43 bits per heavy atom. The van der Waals surface area contributed by atoms with Crippen LogP contribution in [0.4, 0.5) is 5.69 Å². The van der Waals surface area contributed by atoms with Crippen molar-refractivity contribution in [2.45, 2.75) is 25.8 Å². The average Bonchev–Trinajstić information content (AvgIpc) is 3.14. The van der Waals surface area contributed by atoms with Crippen molar-refractivity contribution < 1.29 is 13.2 Å². The number of methoxy groups -OCH3 is 1. The van der Waals surface area contributed by atoms with E-state index in [0.29, 0.717) is 31.1 Å². The van der Waals surface area contributed by atoms with Crippen LogP contribution in [0.1, 0.15) is 19.8 Å². The first-order valence-corrected chi connectivity index (χ1v) is 12.0. The molecule has 1 unspecified atom stereocenters. The van der Waals surface area contributed by atoms with Crippen molar-refractivity contribution in [2.75, 3.05) is 58.0 Å². The minimum atomic E-state index is -3.15. The average molecular weight is 574 g/mol. The second kappa shape index (κ2) is 12.8. The lowest BCUT2D eigenvalue weighted by Crippen LogP contribution is -2.45. The molecule has 0 aliphatic carbocycles. The number of aliphatic imine (C=N–C) groups is 1. The van der Waals surface area contributed by atoms with Gasteiger partial charge in [0.05, 0.1) is 19.1 Å². The summed E-state index contributed by atoms with van der Waals surface area (Å²) in [4.78, 5) is 6.53. The van der Waals surface area contributed by atoms with Gasteiger partial charge in [-0.2, -0.15) is 0 Å². The molecular formula is C19H33ClIN5O3S. The van der Waals surface area contributed by atoms with Crippen LogP contribution >= 0.6 is 35.6 Å². The number of halogens is 2. The van der Waals surface area contributed by atoms with Crippen LogP contribution in [0, 0.1) is 0 Å². The standard InChI is InChI=1S/C19H32ClN5O3S.HI/c1-5-25(29(4,26)27)11-6-10-22-19(21-2)23-16-9-12-24(14-16)17-13-15(20)7-8-18(17)28-3;/h7-8,13,16H,5-6,9-12,14H2,1-4H3,(H2,21,22,23);1H. The number of hydrogen-bond donors (Lipinski definition) is 2. The summed E-state index contributed by atoms with van der Waals surface area (Å²) >= 11 is 6.16. The minimum absolute atomic E-state index is 0. The number of hydrogen-bond acceptors (Lipinski definition) is 5. The van der Waals surface area contributed by atoms with Gasteiger partial charge in [-0.05, 0) is 31.0 Å². The summed E-state index contributed by atoms with van der Waals surface area (Å²) in [5, 5.41) is 7.39. The van der Waals surface area contributed by atoms with Crippen molar-refractivity contribution in [2.24, 2.45) is 4.99 Å². The van der Waals surface area contributed by atoms with Gasteiger partial charge in [0.25, 0.3) is 0 Å². The number of anilines is 1. The van der Waals surface area contributed by atoms with Crippen molar-refractivity contribution in [1.29, 1.82) is 0 Å². The number of benzene rings is 1. The number of nitrogens with one attached hydrogen (secondary N) is 2. The van der Waals surface area contributed by atoms with E-state index in [9.17, 15) is 8.42 Å². The highest BCUT2D eigenvalue weighted by molar-refractivity contribution is 14.0. The Labute approximate surface area is 202 Å². The number of rotatable bonds is 9. The lowest BCUT2D eigenvalue weighted by Gasteiger charge is -2.22. The van der Waals surface area contributed by atoms with Crippen molar-refractivity contribution in [3.8, 4) is 5.75 Å². The van der Waals surface area contributed by atoms with Gasteiger partial charge in [0, 0.05) is 50.8 Å². The van der Waals surface area contributed by atoms with E-state index in [0.717, 1.165) is 36.9 Å². The quantitative estimate of drug-likeness (QED) is 0.204. The zero-order chi connectivity index (χ0) is 21.4. The Kier molecular flexibility index (Phi) is 11.5. The van der Waals surface area contributed by atoms with E-state index in [2.05, 4.69) is 20.5 Å². The van der Waals surface area contributed by atoms with Gasteiger partial charge in [0.1, 0.15) is 5.75 Å². The van der Waals surface area contributed by atoms with E-state index < -0.39 is 10.0 Å². The molecule has 11 heteroatoms. The second-order valence-electron chi connectivity index (χ2n) is 7.00. The molecule has 1 aliphatic rings. The van der Waals surface area contributed by atoms with Crippen LogP contribution in [0.15, 0.2) is 23.2 Å². The molecule has 0 saturated carbocycles. The molecule has 30 heavy (non-hydrogen) atoms. The molecule has 1 aromatic rings. The van der Waals surface area contributed by atoms with E-state index in [4.69, 9.17) is 16.3 Å². The van der Waals surface area contributed by atoms with Crippen molar-refractivity contribution in [1.82, 2.24) is 14.9 Å². The van der Waals surface area contributed by atoms with E-state index in [-0.39, 0.29) is 30.0 Å². The van der Waals surface area contributed by atoms with Gasteiger partial charge in [0.15, 0.2) is 5.96 Å². The van der Waals surface area contributed by atoms with Gasteiger partial charge in [0.2, 0.25) is 10.0 Å². The first-order chi connectivity index (χ1) is 13.8. The summed E-state index contributed by atoms with van der Waals surface area (Å²) in [5.74, 6) is 1.53. The molecule has 0 bridgehead atoms. The summed E-state index contributed by atoms with van der Waals surface area (Å²) < 4.78 is 30.2. The Morgan fingerprint density at radius 3 is 2.77 bits per heavy atom. The topological polar surface area (TPSA) is 86.3 Å². The van der Waals surface area contributed by atoms with Gasteiger partial charge in [-0.25, -0.2) is 12.7 Å². The lowest BCUT2D eigenvalue weighted by molar-refractivity contribution is 0.415. The van der Waals surface area contributed by atoms with Gasteiger partial charge in [-0.15, -0.1) is 24.0 Å². The highest BCUT2D eigenvalue weighted by atomic mass is 127. The third-order valence-corrected chi connectivity index (χ3v) is 6.55. The maximum absolute atomic E-state index is 11.6.